The van der Waals surface area contributed by atoms with Crippen LogP contribution in [0.5, 0.6) is 5.75 Å². The highest BCUT2D eigenvalue weighted by atomic mass is 16.5. The minimum Gasteiger partial charge on any atom is -0.494 e. The van der Waals surface area contributed by atoms with Crippen LogP contribution in [-0.4, -0.2) is 35.6 Å². The number of nitrogens with two attached hydrogens (primary N) is 2. The first-order valence-electron chi connectivity index (χ1n) is 7.98. The maximum absolute atomic E-state index is 5.98. The van der Waals surface area contributed by atoms with Gasteiger partial charge in [0, 0.05) is 12.3 Å². The third-order valence-corrected chi connectivity index (χ3v) is 3.72. The number of allylic oxidation sites excluding steroid dienone is 2. The molecule has 8 nitrogen and oxygen atoms in total. The van der Waals surface area contributed by atoms with Gasteiger partial charge in [-0.1, -0.05) is 0 Å². The van der Waals surface area contributed by atoms with Crippen LogP contribution >= 0.6 is 0 Å². The topological polar surface area (TPSA) is 104 Å². The van der Waals surface area contributed by atoms with Crippen molar-refractivity contribution >= 4 is 17.5 Å². The van der Waals surface area contributed by atoms with Crippen LogP contribution in [0.1, 0.15) is 5.69 Å². The number of guanidine groups is 1. The molecule has 0 bridgehead atoms. The molecule has 0 radical (unpaired) electrons. The molecule has 1 aliphatic heterocycles. The highest BCUT2D eigenvalue weighted by Crippen LogP contribution is 2.28. The van der Waals surface area contributed by atoms with Crippen molar-refractivity contribution in [3.8, 4) is 11.4 Å². The summed E-state index contributed by atoms with van der Waals surface area (Å²) in [6, 6.07) is 5.54. The van der Waals surface area contributed by atoms with Crippen molar-refractivity contribution in [2.24, 2.45) is 15.7 Å². The molecule has 0 saturated carbocycles. The Labute approximate surface area is 151 Å². The Balaban J connectivity index is 1.89. The normalized spacial score (nSPS) is 15.9. The summed E-state index contributed by atoms with van der Waals surface area (Å²) in [6.07, 6.45) is 9.21. The highest BCUT2D eigenvalue weighted by Gasteiger charge is 2.14. The van der Waals surface area contributed by atoms with Crippen LogP contribution in [0.3, 0.4) is 0 Å². The molecule has 0 spiro atoms. The van der Waals surface area contributed by atoms with Gasteiger partial charge in [-0.25, -0.2) is 9.98 Å². The van der Waals surface area contributed by atoms with Gasteiger partial charge in [0.05, 0.1) is 43.8 Å². The summed E-state index contributed by atoms with van der Waals surface area (Å²) < 4.78 is 12.6. The van der Waals surface area contributed by atoms with Crippen molar-refractivity contribution in [3.63, 3.8) is 0 Å². The number of aliphatic imine (C=N–C) groups is 2. The summed E-state index contributed by atoms with van der Waals surface area (Å²) >= 11 is 0. The monoisotopic (exact) mass is 353 g/mol. The van der Waals surface area contributed by atoms with Gasteiger partial charge in [0.25, 0.3) is 5.84 Å². The minimum atomic E-state index is 0.128. The van der Waals surface area contributed by atoms with Gasteiger partial charge >= 0.3 is 0 Å². The first-order valence-corrected chi connectivity index (χ1v) is 7.98. The number of amidine groups is 1. The predicted molar refractivity (Wildman–Crippen MR) is 99.7 cm³/mol. The van der Waals surface area contributed by atoms with E-state index in [1.54, 1.807) is 26.6 Å². The predicted octanol–water partition coefficient (Wildman–Crippen LogP) is 1.16. The third kappa shape index (κ3) is 3.81. The summed E-state index contributed by atoms with van der Waals surface area (Å²) in [5.74, 6) is 2.04. The van der Waals surface area contributed by atoms with Crippen molar-refractivity contribution in [1.29, 1.82) is 0 Å². The van der Waals surface area contributed by atoms with Crippen LogP contribution in [0.25, 0.3) is 5.69 Å². The largest absolute Gasteiger partial charge is 0.494 e. The zero-order valence-corrected chi connectivity index (χ0v) is 14.9. The van der Waals surface area contributed by atoms with Crippen molar-refractivity contribution in [3.05, 3.63) is 60.5 Å². The number of hydrogen-bond acceptors (Lipinski definition) is 4. The molecule has 2 heterocycles. The summed E-state index contributed by atoms with van der Waals surface area (Å²) in [5, 5.41) is 1.81. The number of rotatable bonds is 4. The fourth-order valence-electron chi connectivity index (χ4n) is 2.50. The first kappa shape index (κ1) is 17.4. The number of quaternary nitrogens is 1. The van der Waals surface area contributed by atoms with Crippen LogP contribution < -0.4 is 15.8 Å². The minimum absolute atomic E-state index is 0.128. The number of ether oxygens (including phenoxy) is 2. The molecular weight excluding hydrogens is 332 g/mol. The van der Waals surface area contributed by atoms with Gasteiger partial charge < -0.3 is 19.8 Å². The van der Waals surface area contributed by atoms with Crippen molar-refractivity contribution in [2.75, 3.05) is 14.2 Å². The number of aromatic nitrogens is 2. The fourth-order valence-corrected chi connectivity index (χ4v) is 2.50. The number of hydrogen-bond donors (Lipinski definition) is 2. The Kier molecular flexibility index (Phi) is 5.14. The van der Waals surface area contributed by atoms with Crippen molar-refractivity contribution in [2.45, 2.75) is 6.92 Å². The van der Waals surface area contributed by atoms with E-state index in [4.69, 9.17) is 15.2 Å². The van der Waals surface area contributed by atoms with E-state index in [-0.39, 0.29) is 5.96 Å². The SMILES string of the molecule is COC1=CC=C[NH2+]/C1=N\C(N)=Nc1ccc(-n2cnc(C)c2)c(OC)c1. The Morgan fingerprint density at radius 2 is 2.12 bits per heavy atom. The van der Waals surface area contributed by atoms with Gasteiger partial charge in [0.15, 0.2) is 0 Å². The second kappa shape index (κ2) is 7.66. The van der Waals surface area contributed by atoms with E-state index in [1.807, 2.05) is 53.5 Å². The van der Waals surface area contributed by atoms with Crippen LogP contribution in [-0.2, 0) is 4.74 Å². The van der Waals surface area contributed by atoms with Gasteiger partial charge in [0.1, 0.15) is 5.75 Å². The maximum Gasteiger partial charge on any atom is 0.275 e. The van der Waals surface area contributed by atoms with Crippen LogP contribution in [0, 0.1) is 6.92 Å². The Bertz CT molecular complexity index is 924. The molecule has 8 heteroatoms. The lowest BCUT2D eigenvalue weighted by atomic mass is 10.2. The smallest absolute Gasteiger partial charge is 0.275 e. The average molecular weight is 353 g/mol. The van der Waals surface area contributed by atoms with E-state index in [9.17, 15) is 0 Å². The molecule has 1 aromatic carbocycles. The Morgan fingerprint density at radius 3 is 2.81 bits per heavy atom. The number of imidazole rings is 1. The molecule has 4 N–H and O–H groups in total. The van der Waals surface area contributed by atoms with Gasteiger partial charge in [-0.05, 0) is 31.2 Å². The molecule has 1 aliphatic rings. The zero-order chi connectivity index (χ0) is 18.5. The molecule has 0 fully saturated rings. The maximum atomic E-state index is 5.98. The molecule has 0 atom stereocenters. The molecule has 2 aromatic rings. The number of methoxy groups -OCH3 is 2. The molecular formula is C18H21N6O2+. The van der Waals surface area contributed by atoms with Crippen LogP contribution in [0.15, 0.2) is 64.8 Å². The molecule has 3 rings (SSSR count). The van der Waals surface area contributed by atoms with E-state index >= 15 is 0 Å². The third-order valence-electron chi connectivity index (χ3n) is 3.72. The number of nitrogens with zero attached hydrogens (tertiary/aromatic N) is 4. The van der Waals surface area contributed by atoms with E-state index in [1.165, 1.54) is 0 Å². The van der Waals surface area contributed by atoms with Crippen molar-refractivity contribution in [1.82, 2.24) is 9.55 Å². The van der Waals surface area contributed by atoms with E-state index in [2.05, 4.69) is 15.0 Å². The molecule has 0 aliphatic carbocycles. The lowest BCUT2D eigenvalue weighted by molar-refractivity contribution is -0.463. The molecule has 26 heavy (non-hydrogen) atoms. The van der Waals surface area contributed by atoms with Gasteiger partial charge in [-0.3, -0.25) is 5.32 Å². The van der Waals surface area contributed by atoms with E-state index < -0.39 is 0 Å². The standard InChI is InChI=1S/C18H20N6O2/c1-12-10-24(11-21-12)14-7-6-13(9-16(14)26-3)22-18(19)23-17-15(25-2)5-4-8-20-17/h4-11H,1-3H3,(H3,19,20,22,23)/p+1. The Hall–Kier alpha value is -3.39. The van der Waals surface area contributed by atoms with Gasteiger partial charge in [-0.15, -0.1) is 0 Å². The molecule has 134 valence electrons. The molecule has 0 amide bonds. The summed E-state index contributed by atoms with van der Waals surface area (Å²) in [7, 11) is 3.20. The fraction of sp³-hybridized carbons (Fsp3) is 0.167. The summed E-state index contributed by atoms with van der Waals surface area (Å²) in [6.45, 7) is 1.93. The quantitative estimate of drug-likeness (QED) is 0.636. The lowest BCUT2D eigenvalue weighted by Gasteiger charge is -2.10. The molecule has 0 saturated heterocycles. The van der Waals surface area contributed by atoms with E-state index in [0.29, 0.717) is 23.0 Å². The molecule has 1 aromatic heterocycles. The highest BCUT2D eigenvalue weighted by molar-refractivity contribution is 5.99. The second-order valence-corrected chi connectivity index (χ2v) is 5.53. The van der Waals surface area contributed by atoms with Gasteiger partial charge in [-0.2, -0.15) is 4.99 Å². The summed E-state index contributed by atoms with van der Waals surface area (Å²) in [5.41, 5.74) is 8.41. The number of aryl methyl sites for hydroxylation is 1. The summed E-state index contributed by atoms with van der Waals surface area (Å²) in [4.78, 5) is 12.9. The average Bonchev–Trinajstić information content (AvgIpc) is 3.08. The Morgan fingerprint density at radius 1 is 1.27 bits per heavy atom. The van der Waals surface area contributed by atoms with Gasteiger partial charge in [0.2, 0.25) is 11.7 Å². The van der Waals surface area contributed by atoms with Crippen molar-refractivity contribution < 1.29 is 14.8 Å². The second-order valence-electron chi connectivity index (χ2n) is 5.53. The first-order chi connectivity index (χ1) is 12.6. The van der Waals surface area contributed by atoms with Crippen LogP contribution in [0.4, 0.5) is 5.69 Å². The van der Waals surface area contributed by atoms with Crippen LogP contribution in [0.2, 0.25) is 0 Å². The number of benzene rings is 1. The lowest BCUT2D eigenvalue weighted by Crippen LogP contribution is -2.83. The zero-order valence-electron chi connectivity index (χ0n) is 14.9. The van der Waals surface area contributed by atoms with E-state index in [0.717, 1.165) is 11.4 Å². The molecule has 0 unspecified atom stereocenters.